The number of terminal acetylenes is 1. The van der Waals surface area contributed by atoms with Crippen LogP contribution < -0.4 is 5.32 Å². The van der Waals surface area contributed by atoms with Crippen molar-refractivity contribution in [1.29, 1.82) is 0 Å². The van der Waals surface area contributed by atoms with Crippen LogP contribution in [-0.4, -0.2) is 58.3 Å². The summed E-state index contributed by atoms with van der Waals surface area (Å²) in [6.07, 6.45) is 9.87. The van der Waals surface area contributed by atoms with E-state index in [0.29, 0.717) is 25.3 Å². The SMILES string of the molecule is C#CCOC(=O)N1CCC(c2nc(C(=O)NCCCc3cn[nH]c3C)cs2)CC1. The van der Waals surface area contributed by atoms with Crippen LogP contribution in [0.4, 0.5) is 4.79 Å². The molecule has 2 N–H and O–H groups in total. The van der Waals surface area contributed by atoms with Crippen molar-refractivity contribution in [2.75, 3.05) is 26.2 Å². The summed E-state index contributed by atoms with van der Waals surface area (Å²) in [5.41, 5.74) is 2.70. The number of amides is 2. The van der Waals surface area contributed by atoms with E-state index in [-0.39, 0.29) is 24.5 Å². The predicted molar refractivity (Wildman–Crippen MR) is 110 cm³/mol. The first-order chi connectivity index (χ1) is 14.1. The Hall–Kier alpha value is -2.86. The highest BCUT2D eigenvalue weighted by Gasteiger charge is 2.27. The Morgan fingerprint density at radius 2 is 2.24 bits per heavy atom. The van der Waals surface area contributed by atoms with Gasteiger partial charge in [0.15, 0.2) is 6.61 Å². The molecule has 2 aromatic heterocycles. The van der Waals surface area contributed by atoms with Gasteiger partial charge in [-0.2, -0.15) is 5.10 Å². The van der Waals surface area contributed by atoms with Crippen LogP contribution >= 0.6 is 11.3 Å². The number of rotatable bonds is 7. The first-order valence-electron chi connectivity index (χ1n) is 9.66. The highest BCUT2D eigenvalue weighted by molar-refractivity contribution is 7.09. The number of aromatic amines is 1. The molecule has 3 heterocycles. The largest absolute Gasteiger partial charge is 0.436 e. The zero-order valence-corrected chi connectivity index (χ0v) is 17.3. The monoisotopic (exact) mass is 415 g/mol. The first kappa shape index (κ1) is 20.9. The van der Waals surface area contributed by atoms with Crippen LogP contribution in [0, 0.1) is 19.3 Å². The maximum Gasteiger partial charge on any atom is 0.410 e. The van der Waals surface area contributed by atoms with E-state index in [1.165, 1.54) is 16.9 Å². The third-order valence-electron chi connectivity index (χ3n) is 4.98. The fraction of sp³-hybridized carbons (Fsp3) is 0.500. The van der Waals surface area contributed by atoms with Gasteiger partial charge in [0.1, 0.15) is 5.69 Å². The average Bonchev–Trinajstić information content (AvgIpc) is 3.39. The lowest BCUT2D eigenvalue weighted by molar-refractivity contribution is 0.0948. The number of nitrogens with one attached hydrogen (secondary N) is 2. The molecule has 0 aromatic carbocycles. The number of nitrogens with zero attached hydrogens (tertiary/aromatic N) is 3. The molecule has 2 aromatic rings. The number of thiazole rings is 1. The van der Waals surface area contributed by atoms with E-state index in [1.54, 1.807) is 10.3 Å². The van der Waals surface area contributed by atoms with E-state index >= 15 is 0 Å². The summed E-state index contributed by atoms with van der Waals surface area (Å²) >= 11 is 1.50. The van der Waals surface area contributed by atoms with Gasteiger partial charge >= 0.3 is 6.09 Å². The summed E-state index contributed by atoms with van der Waals surface area (Å²) in [4.78, 5) is 30.4. The zero-order valence-electron chi connectivity index (χ0n) is 16.4. The minimum absolute atomic E-state index is 0.00853. The van der Waals surface area contributed by atoms with Crippen LogP contribution in [0.2, 0.25) is 0 Å². The van der Waals surface area contributed by atoms with E-state index in [9.17, 15) is 9.59 Å². The third-order valence-corrected chi connectivity index (χ3v) is 5.99. The summed E-state index contributed by atoms with van der Waals surface area (Å²) in [6.45, 7) is 3.77. The molecule has 1 aliphatic rings. The lowest BCUT2D eigenvalue weighted by Crippen LogP contribution is -2.38. The Morgan fingerprint density at radius 3 is 2.93 bits per heavy atom. The second-order valence-corrected chi connectivity index (χ2v) is 7.86. The fourth-order valence-corrected chi connectivity index (χ4v) is 4.25. The molecule has 154 valence electrons. The van der Waals surface area contributed by atoms with Crippen LogP contribution in [0.5, 0.6) is 0 Å². The molecule has 0 aliphatic carbocycles. The molecule has 1 aliphatic heterocycles. The molecule has 3 rings (SSSR count). The highest BCUT2D eigenvalue weighted by Crippen LogP contribution is 2.30. The van der Waals surface area contributed by atoms with Crippen molar-refractivity contribution >= 4 is 23.3 Å². The highest BCUT2D eigenvalue weighted by atomic mass is 32.1. The molecule has 1 saturated heterocycles. The Bertz CT molecular complexity index is 877. The van der Waals surface area contributed by atoms with Gasteiger partial charge in [-0.1, -0.05) is 5.92 Å². The molecule has 0 radical (unpaired) electrons. The quantitative estimate of drug-likeness (QED) is 0.535. The van der Waals surface area contributed by atoms with Gasteiger partial charge in [-0.05, 0) is 38.2 Å². The van der Waals surface area contributed by atoms with Crippen LogP contribution in [-0.2, 0) is 11.2 Å². The van der Waals surface area contributed by atoms with Gasteiger partial charge < -0.3 is 15.0 Å². The van der Waals surface area contributed by atoms with E-state index in [1.807, 2.05) is 13.1 Å². The molecule has 1 fully saturated rings. The maximum atomic E-state index is 12.3. The smallest absolute Gasteiger partial charge is 0.410 e. The normalized spacial score (nSPS) is 14.4. The lowest BCUT2D eigenvalue weighted by Gasteiger charge is -2.30. The predicted octanol–water partition coefficient (Wildman–Crippen LogP) is 2.49. The van der Waals surface area contributed by atoms with Crippen LogP contribution in [0.3, 0.4) is 0 Å². The number of aryl methyl sites for hydroxylation is 2. The molecule has 0 saturated carbocycles. The van der Waals surface area contributed by atoms with Crippen molar-refractivity contribution in [3.63, 3.8) is 0 Å². The number of carbonyl (C=O) groups is 2. The second kappa shape index (κ2) is 10.1. The van der Waals surface area contributed by atoms with E-state index < -0.39 is 0 Å². The Labute approximate surface area is 174 Å². The molecule has 0 atom stereocenters. The molecule has 29 heavy (non-hydrogen) atoms. The Balaban J connectivity index is 1.42. The number of likely N-dealkylation sites (tertiary alicyclic amines) is 1. The lowest BCUT2D eigenvalue weighted by atomic mass is 9.98. The summed E-state index contributed by atoms with van der Waals surface area (Å²) < 4.78 is 4.96. The van der Waals surface area contributed by atoms with Gasteiger partial charge in [-0.3, -0.25) is 9.89 Å². The summed E-state index contributed by atoms with van der Waals surface area (Å²) in [6, 6.07) is 0. The van der Waals surface area contributed by atoms with Gasteiger partial charge in [0, 0.05) is 36.6 Å². The number of hydrogen-bond donors (Lipinski definition) is 2. The standard InChI is InChI=1S/C20H25N5O3S/c1-3-11-28-20(27)25-9-6-15(7-10-25)19-23-17(13-29-19)18(26)21-8-4-5-16-12-22-24-14(16)2/h1,12-13,15H,4-11H2,2H3,(H,21,26)(H,22,24). The van der Waals surface area contributed by atoms with Crippen LogP contribution in [0.25, 0.3) is 0 Å². The molecular weight excluding hydrogens is 390 g/mol. The van der Waals surface area contributed by atoms with Crippen LogP contribution in [0.15, 0.2) is 11.6 Å². The van der Waals surface area contributed by atoms with E-state index in [0.717, 1.165) is 36.4 Å². The molecule has 0 spiro atoms. The van der Waals surface area contributed by atoms with Gasteiger partial charge in [0.05, 0.1) is 11.2 Å². The molecule has 9 heteroatoms. The Kier molecular flexibility index (Phi) is 7.25. The van der Waals surface area contributed by atoms with Crippen molar-refractivity contribution in [2.45, 2.75) is 38.5 Å². The summed E-state index contributed by atoms with van der Waals surface area (Å²) in [5.74, 6) is 2.40. The van der Waals surface area contributed by atoms with Crippen molar-refractivity contribution in [3.05, 3.63) is 33.5 Å². The minimum Gasteiger partial charge on any atom is -0.436 e. The molecule has 0 bridgehead atoms. The molecule has 8 nitrogen and oxygen atoms in total. The summed E-state index contributed by atoms with van der Waals surface area (Å²) in [5, 5.41) is 12.6. The maximum absolute atomic E-state index is 12.3. The van der Waals surface area contributed by atoms with Crippen molar-refractivity contribution in [1.82, 2.24) is 25.4 Å². The third kappa shape index (κ3) is 5.57. The van der Waals surface area contributed by atoms with E-state index in [2.05, 4.69) is 26.4 Å². The topological polar surface area (TPSA) is 100 Å². The average molecular weight is 416 g/mol. The molecule has 2 amide bonds. The second-order valence-electron chi connectivity index (χ2n) is 6.97. The number of hydrogen-bond acceptors (Lipinski definition) is 6. The number of carbonyl (C=O) groups excluding carboxylic acids is 2. The first-order valence-corrected chi connectivity index (χ1v) is 10.5. The van der Waals surface area contributed by atoms with Gasteiger partial charge in [-0.25, -0.2) is 9.78 Å². The van der Waals surface area contributed by atoms with Crippen molar-refractivity contribution in [3.8, 4) is 12.3 Å². The fourth-order valence-electron chi connectivity index (χ4n) is 3.28. The van der Waals surface area contributed by atoms with Gasteiger partial charge in [-0.15, -0.1) is 17.8 Å². The Morgan fingerprint density at radius 1 is 1.45 bits per heavy atom. The van der Waals surface area contributed by atoms with Crippen molar-refractivity contribution < 1.29 is 14.3 Å². The number of ether oxygens (including phenoxy) is 1. The number of aromatic nitrogens is 3. The molecular formula is C20H25N5O3S. The molecule has 0 unspecified atom stereocenters. The zero-order chi connectivity index (χ0) is 20.6. The van der Waals surface area contributed by atoms with Crippen molar-refractivity contribution in [2.24, 2.45) is 0 Å². The van der Waals surface area contributed by atoms with E-state index in [4.69, 9.17) is 11.2 Å². The number of piperidine rings is 1. The van der Waals surface area contributed by atoms with Crippen LogP contribution in [0.1, 0.15) is 51.9 Å². The van der Waals surface area contributed by atoms with Gasteiger partial charge in [0.25, 0.3) is 5.91 Å². The number of H-pyrrole nitrogens is 1. The summed E-state index contributed by atoms with van der Waals surface area (Å²) in [7, 11) is 0. The van der Waals surface area contributed by atoms with Gasteiger partial charge in [0.2, 0.25) is 0 Å². The minimum atomic E-state index is -0.369.